The van der Waals surface area contributed by atoms with E-state index in [0.717, 1.165) is 27.3 Å². The summed E-state index contributed by atoms with van der Waals surface area (Å²) < 4.78 is 11.0. The largest absolute Gasteiger partial charge is 0.479 e. The van der Waals surface area contributed by atoms with E-state index in [4.69, 9.17) is 19.4 Å². The molecular weight excluding hydrogens is 428 g/mol. The molecular formula is C24H26N2O7. The van der Waals surface area contributed by atoms with Crippen molar-refractivity contribution in [2.45, 2.75) is 18.9 Å². The first kappa shape index (κ1) is 22.8. The van der Waals surface area contributed by atoms with Crippen molar-refractivity contribution in [3.8, 4) is 11.1 Å². The lowest BCUT2D eigenvalue weighted by molar-refractivity contribution is -0.194. The summed E-state index contributed by atoms with van der Waals surface area (Å²) in [5.74, 6) is -1.77. The van der Waals surface area contributed by atoms with Gasteiger partial charge < -0.3 is 19.9 Å². The highest BCUT2D eigenvalue weighted by Crippen LogP contribution is 2.44. The Morgan fingerprint density at radius 2 is 1.73 bits per heavy atom. The van der Waals surface area contributed by atoms with E-state index in [1.165, 1.54) is 7.05 Å². The monoisotopic (exact) mass is 454 g/mol. The highest BCUT2D eigenvalue weighted by Gasteiger charge is 2.49. The number of carbonyl (C=O) groups excluding carboxylic acids is 2. The van der Waals surface area contributed by atoms with Crippen LogP contribution in [0.3, 0.4) is 0 Å². The zero-order valence-corrected chi connectivity index (χ0v) is 18.4. The molecule has 9 heteroatoms. The molecule has 2 amide bonds. The number of nitrogens with one attached hydrogen (secondary N) is 1. The Labute approximate surface area is 191 Å². The van der Waals surface area contributed by atoms with Crippen molar-refractivity contribution in [1.82, 2.24) is 10.4 Å². The first-order chi connectivity index (χ1) is 15.8. The molecule has 1 saturated heterocycles. The van der Waals surface area contributed by atoms with Gasteiger partial charge in [0.2, 0.25) is 0 Å². The third kappa shape index (κ3) is 4.42. The van der Waals surface area contributed by atoms with Gasteiger partial charge in [0, 0.05) is 13.0 Å². The summed E-state index contributed by atoms with van der Waals surface area (Å²) in [5.41, 5.74) is 3.35. The molecule has 2 aromatic rings. The number of hydroxylamine groups is 2. The number of rotatable bonds is 7. The predicted octanol–water partition coefficient (Wildman–Crippen LogP) is 2.40. The number of ether oxygens (including phenoxy) is 2. The van der Waals surface area contributed by atoms with Gasteiger partial charge in [0.15, 0.2) is 6.61 Å². The number of hydrogen-bond acceptors (Lipinski definition) is 6. The summed E-state index contributed by atoms with van der Waals surface area (Å²) in [6, 6.07) is 15.4. The molecule has 0 saturated carbocycles. The molecule has 1 aliphatic heterocycles. The number of alkyl carbamates (subject to hydrolysis) is 1. The molecule has 0 bridgehead atoms. The van der Waals surface area contributed by atoms with Gasteiger partial charge >= 0.3 is 12.1 Å². The molecule has 0 radical (unpaired) electrons. The van der Waals surface area contributed by atoms with Crippen LogP contribution in [0, 0.1) is 5.41 Å². The van der Waals surface area contributed by atoms with E-state index in [1.54, 1.807) is 6.92 Å². The van der Waals surface area contributed by atoms with Gasteiger partial charge in [0.25, 0.3) is 5.91 Å². The second-order valence-corrected chi connectivity index (χ2v) is 8.42. The Hall–Kier alpha value is -3.43. The molecule has 2 N–H and O–H groups in total. The van der Waals surface area contributed by atoms with Gasteiger partial charge in [-0.3, -0.25) is 9.63 Å². The number of carbonyl (C=O) groups is 3. The van der Waals surface area contributed by atoms with Crippen LogP contribution in [0.25, 0.3) is 11.1 Å². The first-order valence-corrected chi connectivity index (χ1v) is 10.6. The van der Waals surface area contributed by atoms with Crippen molar-refractivity contribution >= 4 is 18.0 Å². The maximum Gasteiger partial charge on any atom is 0.407 e. The lowest BCUT2D eigenvalue weighted by Crippen LogP contribution is -2.54. The minimum Gasteiger partial charge on any atom is -0.479 e. The smallest absolute Gasteiger partial charge is 0.407 e. The fraction of sp³-hybridized carbons (Fsp3) is 0.375. The number of nitrogens with zero attached hydrogens (tertiary/aromatic N) is 1. The molecule has 9 nitrogen and oxygen atoms in total. The maximum atomic E-state index is 12.8. The standard InChI is InChI=1S/C24H26N2O7/c1-24(22(29)26(2)33-13-21(27)28)14-31-12-20(24)25-23(30)32-11-19-17-9-5-3-7-15(17)16-8-4-6-10-18(16)19/h3-10,19-20H,11-14H2,1-2H3,(H,25,30)(H,27,28). The third-order valence-electron chi connectivity index (χ3n) is 6.25. The van der Waals surface area contributed by atoms with E-state index in [-0.39, 0.29) is 25.7 Å². The van der Waals surface area contributed by atoms with Crippen LogP contribution in [0.4, 0.5) is 4.79 Å². The summed E-state index contributed by atoms with van der Waals surface area (Å²) in [4.78, 5) is 41.2. The lowest BCUT2D eigenvalue weighted by atomic mass is 9.84. The Kier molecular flexibility index (Phi) is 6.35. The first-order valence-electron chi connectivity index (χ1n) is 10.6. The molecule has 174 valence electrons. The van der Waals surface area contributed by atoms with E-state index in [0.29, 0.717) is 0 Å². The van der Waals surface area contributed by atoms with Crippen molar-refractivity contribution in [3.63, 3.8) is 0 Å². The SMILES string of the molecule is CN(OCC(=O)O)C(=O)C1(C)COCC1NC(=O)OCC1c2ccccc2-c2ccccc21. The Morgan fingerprint density at radius 1 is 1.12 bits per heavy atom. The number of benzene rings is 2. The van der Waals surface area contributed by atoms with Gasteiger partial charge in [-0.25, -0.2) is 14.7 Å². The van der Waals surface area contributed by atoms with Crippen LogP contribution in [-0.4, -0.2) is 67.7 Å². The molecule has 2 aromatic carbocycles. The third-order valence-corrected chi connectivity index (χ3v) is 6.25. The molecule has 0 aromatic heterocycles. The van der Waals surface area contributed by atoms with Gasteiger partial charge in [-0.15, -0.1) is 0 Å². The fourth-order valence-electron chi connectivity index (χ4n) is 4.44. The Balaban J connectivity index is 1.40. The molecule has 2 atom stereocenters. The van der Waals surface area contributed by atoms with Gasteiger partial charge in [-0.2, -0.15) is 0 Å². The Morgan fingerprint density at radius 3 is 2.33 bits per heavy atom. The van der Waals surface area contributed by atoms with Crippen LogP contribution in [-0.2, 0) is 23.9 Å². The Bertz CT molecular complexity index is 1030. The van der Waals surface area contributed by atoms with Gasteiger partial charge in [-0.05, 0) is 29.2 Å². The van der Waals surface area contributed by atoms with E-state index in [2.05, 4.69) is 17.4 Å². The van der Waals surface area contributed by atoms with Crippen molar-refractivity contribution in [2.75, 3.05) is 33.5 Å². The average Bonchev–Trinajstić information content (AvgIpc) is 3.34. The molecule has 4 rings (SSSR count). The summed E-state index contributed by atoms with van der Waals surface area (Å²) >= 11 is 0. The topological polar surface area (TPSA) is 114 Å². The molecule has 1 aliphatic carbocycles. The normalized spacial score (nSPS) is 21.2. The number of hydrogen-bond donors (Lipinski definition) is 2. The summed E-state index contributed by atoms with van der Waals surface area (Å²) in [6.07, 6.45) is -0.652. The number of fused-ring (bicyclic) bond motifs is 3. The van der Waals surface area contributed by atoms with Crippen LogP contribution in [0.15, 0.2) is 48.5 Å². The quantitative estimate of drug-likeness (QED) is 0.618. The van der Waals surface area contributed by atoms with Crippen molar-refractivity contribution in [2.24, 2.45) is 5.41 Å². The number of carboxylic acids is 1. The maximum absolute atomic E-state index is 12.8. The van der Waals surface area contributed by atoms with Crippen molar-refractivity contribution in [1.29, 1.82) is 0 Å². The zero-order valence-electron chi connectivity index (χ0n) is 18.4. The fourth-order valence-corrected chi connectivity index (χ4v) is 4.44. The summed E-state index contributed by atoms with van der Waals surface area (Å²) in [6.45, 7) is 1.32. The lowest BCUT2D eigenvalue weighted by Gasteiger charge is -2.31. The van der Waals surface area contributed by atoms with E-state index in [1.807, 2.05) is 36.4 Å². The minimum atomic E-state index is -1.20. The number of aliphatic carboxylic acids is 1. The summed E-state index contributed by atoms with van der Waals surface area (Å²) in [5, 5.41) is 12.4. The number of amides is 2. The highest BCUT2D eigenvalue weighted by atomic mass is 16.7. The van der Waals surface area contributed by atoms with Gasteiger partial charge in [0.05, 0.1) is 24.7 Å². The molecule has 1 heterocycles. The van der Waals surface area contributed by atoms with Crippen LogP contribution in [0.5, 0.6) is 0 Å². The van der Waals surface area contributed by atoms with E-state index in [9.17, 15) is 14.4 Å². The van der Waals surface area contributed by atoms with Gasteiger partial charge in [0.1, 0.15) is 6.61 Å². The molecule has 1 fully saturated rings. The second kappa shape index (κ2) is 9.21. The van der Waals surface area contributed by atoms with Gasteiger partial charge in [-0.1, -0.05) is 48.5 Å². The van der Waals surface area contributed by atoms with Crippen LogP contribution in [0.1, 0.15) is 24.0 Å². The number of carboxylic acid groups (broad SMARTS) is 1. The molecule has 0 spiro atoms. The van der Waals surface area contributed by atoms with E-state index >= 15 is 0 Å². The second-order valence-electron chi connectivity index (χ2n) is 8.42. The molecule has 2 unspecified atom stereocenters. The average molecular weight is 454 g/mol. The minimum absolute atomic E-state index is 0.0565. The predicted molar refractivity (Wildman–Crippen MR) is 117 cm³/mol. The summed E-state index contributed by atoms with van der Waals surface area (Å²) in [7, 11) is 1.33. The molecule has 33 heavy (non-hydrogen) atoms. The zero-order chi connectivity index (χ0) is 23.6. The van der Waals surface area contributed by atoms with Crippen LogP contribution < -0.4 is 5.32 Å². The highest BCUT2D eigenvalue weighted by molar-refractivity contribution is 5.84. The van der Waals surface area contributed by atoms with Crippen molar-refractivity contribution < 1.29 is 33.8 Å². The molecule has 2 aliphatic rings. The van der Waals surface area contributed by atoms with Crippen LogP contribution >= 0.6 is 0 Å². The van der Waals surface area contributed by atoms with E-state index < -0.39 is 36.0 Å². The van der Waals surface area contributed by atoms with Crippen molar-refractivity contribution in [3.05, 3.63) is 59.7 Å². The van der Waals surface area contributed by atoms with Crippen LogP contribution in [0.2, 0.25) is 0 Å².